The Hall–Kier alpha value is -0.570. The molecule has 64 valence electrons. The Morgan fingerprint density at radius 2 is 2.00 bits per heavy atom. The van der Waals surface area contributed by atoms with E-state index in [1.807, 2.05) is 0 Å². The van der Waals surface area contributed by atoms with E-state index in [0.29, 0.717) is 36.6 Å². The molecule has 2 heterocycles. The van der Waals surface area contributed by atoms with Crippen LogP contribution in [0.2, 0.25) is 0 Å². The summed E-state index contributed by atoms with van der Waals surface area (Å²) in [5.41, 5.74) is 0. The minimum absolute atomic E-state index is 0.0430. The normalized spacial score (nSPS) is 64.5. The fraction of sp³-hybridized carbons (Fsp3) is 0.889. The number of hydrogen-bond donors (Lipinski definition) is 0. The van der Waals surface area contributed by atoms with Crippen molar-refractivity contribution < 1.29 is 14.3 Å². The van der Waals surface area contributed by atoms with E-state index >= 15 is 0 Å². The van der Waals surface area contributed by atoms with Crippen LogP contribution >= 0.6 is 0 Å². The number of rotatable bonds is 0. The molecule has 4 rings (SSSR count). The number of cyclic esters (lactones) is 1. The van der Waals surface area contributed by atoms with Crippen LogP contribution in [0.3, 0.4) is 0 Å². The van der Waals surface area contributed by atoms with Gasteiger partial charge in [-0.05, 0) is 12.3 Å². The number of epoxide rings is 1. The molecular weight excluding hydrogens is 156 g/mol. The van der Waals surface area contributed by atoms with Gasteiger partial charge in [0.15, 0.2) is 0 Å². The van der Waals surface area contributed by atoms with Gasteiger partial charge in [0.25, 0.3) is 0 Å². The van der Waals surface area contributed by atoms with Gasteiger partial charge in [-0.2, -0.15) is 0 Å². The van der Waals surface area contributed by atoms with Crippen LogP contribution in [0.5, 0.6) is 0 Å². The van der Waals surface area contributed by atoms with Gasteiger partial charge in [-0.3, -0.25) is 4.79 Å². The Kier molecular flexibility index (Phi) is 0.773. The fourth-order valence-corrected chi connectivity index (χ4v) is 3.61. The molecule has 2 saturated carbocycles. The van der Waals surface area contributed by atoms with E-state index in [1.165, 1.54) is 6.42 Å². The maximum absolute atomic E-state index is 11.3. The van der Waals surface area contributed by atoms with Crippen LogP contribution in [0.1, 0.15) is 6.42 Å². The van der Waals surface area contributed by atoms with Crippen molar-refractivity contribution in [3.05, 3.63) is 0 Å². The molecule has 0 N–H and O–H groups in total. The van der Waals surface area contributed by atoms with E-state index in [-0.39, 0.29) is 11.9 Å². The zero-order valence-corrected chi connectivity index (χ0v) is 6.60. The number of carbonyl (C=O) groups is 1. The lowest BCUT2D eigenvalue weighted by atomic mass is 9.81. The van der Waals surface area contributed by atoms with Gasteiger partial charge >= 0.3 is 5.97 Å². The van der Waals surface area contributed by atoms with Crippen molar-refractivity contribution in [2.75, 3.05) is 6.61 Å². The summed E-state index contributed by atoms with van der Waals surface area (Å²) < 4.78 is 10.6. The summed E-state index contributed by atoms with van der Waals surface area (Å²) in [6, 6.07) is 0. The Labute approximate surface area is 70.0 Å². The summed E-state index contributed by atoms with van der Waals surface area (Å²) >= 11 is 0. The molecule has 0 spiro atoms. The van der Waals surface area contributed by atoms with Crippen molar-refractivity contribution in [3.8, 4) is 0 Å². The first-order chi connectivity index (χ1) is 5.86. The number of esters is 1. The van der Waals surface area contributed by atoms with Crippen LogP contribution in [0.4, 0.5) is 0 Å². The van der Waals surface area contributed by atoms with E-state index in [9.17, 15) is 4.79 Å². The van der Waals surface area contributed by atoms with E-state index in [2.05, 4.69) is 0 Å². The van der Waals surface area contributed by atoms with Crippen LogP contribution in [-0.2, 0) is 14.3 Å². The van der Waals surface area contributed by atoms with Gasteiger partial charge in [-0.15, -0.1) is 0 Å². The molecule has 2 aliphatic heterocycles. The summed E-state index contributed by atoms with van der Waals surface area (Å²) in [6.07, 6.45) is 2.16. The smallest absolute Gasteiger partial charge is 0.309 e. The Morgan fingerprint density at radius 3 is 2.92 bits per heavy atom. The largest absolute Gasteiger partial charge is 0.465 e. The Balaban J connectivity index is 1.80. The van der Waals surface area contributed by atoms with Crippen LogP contribution < -0.4 is 0 Å². The Bertz CT molecular complexity index is 273. The van der Waals surface area contributed by atoms with Crippen LogP contribution in [0.15, 0.2) is 0 Å². The molecule has 4 aliphatic rings. The number of ether oxygens (including phenoxy) is 2. The summed E-state index contributed by atoms with van der Waals surface area (Å²) in [7, 11) is 0. The van der Waals surface area contributed by atoms with Crippen LogP contribution in [-0.4, -0.2) is 24.8 Å². The first kappa shape index (κ1) is 5.97. The summed E-state index contributed by atoms with van der Waals surface area (Å²) in [5.74, 6) is 1.92. The molecule has 0 amide bonds. The molecule has 2 bridgehead atoms. The molecule has 12 heavy (non-hydrogen) atoms. The third-order valence-electron chi connectivity index (χ3n) is 4.11. The molecule has 3 heteroatoms. The predicted molar refractivity (Wildman–Crippen MR) is 38.2 cm³/mol. The number of hydrogen-bond acceptors (Lipinski definition) is 3. The van der Waals surface area contributed by atoms with Crippen LogP contribution in [0, 0.1) is 23.7 Å². The van der Waals surface area contributed by atoms with Crippen molar-refractivity contribution in [2.45, 2.75) is 18.6 Å². The zero-order chi connectivity index (χ0) is 7.87. The molecule has 0 aromatic carbocycles. The van der Waals surface area contributed by atoms with Gasteiger partial charge in [-0.25, -0.2) is 0 Å². The topological polar surface area (TPSA) is 38.8 Å². The molecule has 0 aromatic heterocycles. The predicted octanol–water partition coefficient (Wildman–Crippen LogP) is 0.193. The summed E-state index contributed by atoms with van der Waals surface area (Å²) in [6.45, 7) is 0.664. The highest BCUT2D eigenvalue weighted by atomic mass is 16.6. The summed E-state index contributed by atoms with van der Waals surface area (Å²) in [5, 5.41) is 0. The third kappa shape index (κ3) is 0.454. The second kappa shape index (κ2) is 1.55. The second-order valence-electron chi connectivity index (χ2n) is 4.45. The van der Waals surface area contributed by atoms with Crippen LogP contribution in [0.25, 0.3) is 0 Å². The minimum Gasteiger partial charge on any atom is -0.465 e. The molecule has 3 nitrogen and oxygen atoms in total. The van der Waals surface area contributed by atoms with E-state index in [4.69, 9.17) is 9.47 Å². The molecular formula is C9H10O3. The SMILES string of the molecule is O=C1OC[C@@H]2[C@@H]3C[C@@H]([C@@H]4O[C@H]34)[C@@H]12. The lowest BCUT2D eigenvalue weighted by Gasteiger charge is -2.15. The van der Waals surface area contributed by atoms with Crippen molar-refractivity contribution >= 4 is 5.97 Å². The molecule has 6 atom stereocenters. The molecule has 0 aromatic rings. The standard InChI is InChI=1S/C9H10O3/c10-9-6-4-1-3(5(6)2-11-9)7-8(4)12-7/h3-8H,1-2H2/t3-,4+,5+,6+,7+,8-/m0/s1. The van der Waals surface area contributed by atoms with Gasteiger partial charge in [0.1, 0.15) is 0 Å². The molecule has 4 fully saturated rings. The first-order valence-corrected chi connectivity index (χ1v) is 4.68. The zero-order valence-electron chi connectivity index (χ0n) is 6.60. The molecule has 2 aliphatic carbocycles. The fourth-order valence-electron chi connectivity index (χ4n) is 3.61. The van der Waals surface area contributed by atoms with Gasteiger partial charge in [0, 0.05) is 11.8 Å². The highest BCUT2D eigenvalue weighted by molar-refractivity contribution is 5.76. The lowest BCUT2D eigenvalue weighted by molar-refractivity contribution is -0.142. The molecule has 0 radical (unpaired) electrons. The van der Waals surface area contributed by atoms with Crippen molar-refractivity contribution in [3.63, 3.8) is 0 Å². The quantitative estimate of drug-likeness (QED) is 0.381. The average Bonchev–Trinajstić information content (AvgIpc) is 2.50. The summed E-state index contributed by atoms with van der Waals surface area (Å²) in [4.78, 5) is 11.3. The highest BCUT2D eigenvalue weighted by Gasteiger charge is 2.70. The van der Waals surface area contributed by atoms with E-state index in [0.717, 1.165) is 0 Å². The maximum Gasteiger partial charge on any atom is 0.309 e. The monoisotopic (exact) mass is 166 g/mol. The van der Waals surface area contributed by atoms with Crippen molar-refractivity contribution in [2.24, 2.45) is 23.7 Å². The molecule has 0 unspecified atom stereocenters. The second-order valence-corrected chi connectivity index (χ2v) is 4.45. The van der Waals surface area contributed by atoms with Gasteiger partial charge in [-0.1, -0.05) is 0 Å². The van der Waals surface area contributed by atoms with Gasteiger partial charge in [0.05, 0.1) is 24.7 Å². The lowest BCUT2D eigenvalue weighted by Crippen LogP contribution is -2.28. The van der Waals surface area contributed by atoms with E-state index < -0.39 is 0 Å². The number of carbonyl (C=O) groups excluding carboxylic acids is 1. The van der Waals surface area contributed by atoms with Crippen molar-refractivity contribution in [1.29, 1.82) is 0 Å². The maximum atomic E-state index is 11.3. The highest BCUT2D eigenvalue weighted by Crippen LogP contribution is 2.63. The third-order valence-corrected chi connectivity index (χ3v) is 4.11. The van der Waals surface area contributed by atoms with Gasteiger partial charge in [0.2, 0.25) is 0 Å². The first-order valence-electron chi connectivity index (χ1n) is 4.68. The molecule has 2 saturated heterocycles. The van der Waals surface area contributed by atoms with E-state index in [1.54, 1.807) is 0 Å². The van der Waals surface area contributed by atoms with Gasteiger partial charge < -0.3 is 9.47 Å². The Morgan fingerprint density at radius 1 is 1.17 bits per heavy atom. The average molecular weight is 166 g/mol. The van der Waals surface area contributed by atoms with Crippen molar-refractivity contribution in [1.82, 2.24) is 0 Å². The number of fused-ring (bicyclic) bond motifs is 8. The minimum atomic E-state index is 0.0430.